The highest BCUT2D eigenvalue weighted by atomic mass is 16.6. The number of hydrogen-bond donors (Lipinski definition) is 1. The van der Waals surface area contributed by atoms with Gasteiger partial charge in [0.2, 0.25) is 0 Å². The molecule has 0 radical (unpaired) electrons. The van der Waals surface area contributed by atoms with E-state index >= 15 is 0 Å². The van der Waals surface area contributed by atoms with Crippen molar-refractivity contribution in [3.8, 4) is 5.75 Å². The van der Waals surface area contributed by atoms with Gasteiger partial charge in [0, 0.05) is 17.7 Å². The Hall–Kier alpha value is -4.40. The molecule has 32 heavy (non-hydrogen) atoms. The number of methoxy groups -OCH3 is 1. The molecule has 1 amide bonds. The van der Waals surface area contributed by atoms with E-state index in [0.29, 0.717) is 17.1 Å². The Kier molecular flexibility index (Phi) is 5.46. The number of furan rings is 1. The van der Waals surface area contributed by atoms with Crippen LogP contribution in [0.4, 0.5) is 5.69 Å². The van der Waals surface area contributed by atoms with Crippen LogP contribution in [-0.2, 0) is 16.1 Å². The fraction of sp³-hybridized carbons (Fsp3) is 0.130. The second-order valence-electron chi connectivity index (χ2n) is 7.09. The van der Waals surface area contributed by atoms with Crippen molar-refractivity contribution in [2.24, 2.45) is 0 Å². The summed E-state index contributed by atoms with van der Waals surface area (Å²) in [4.78, 5) is 37.7. The molecule has 0 aliphatic carbocycles. The van der Waals surface area contributed by atoms with Gasteiger partial charge in [0.1, 0.15) is 17.3 Å². The van der Waals surface area contributed by atoms with Crippen LogP contribution in [0.5, 0.6) is 5.75 Å². The molecule has 1 aliphatic rings. The topological polar surface area (TPSA) is 123 Å². The first-order chi connectivity index (χ1) is 15.4. The molecule has 1 fully saturated rings. The predicted molar refractivity (Wildman–Crippen MR) is 113 cm³/mol. The van der Waals surface area contributed by atoms with Crippen LogP contribution in [0, 0.1) is 10.1 Å². The fourth-order valence-corrected chi connectivity index (χ4v) is 3.67. The molecule has 162 valence electrons. The van der Waals surface area contributed by atoms with Crippen LogP contribution in [0.15, 0.2) is 76.9 Å². The Bertz CT molecular complexity index is 1210. The van der Waals surface area contributed by atoms with Gasteiger partial charge in [-0.15, -0.1) is 0 Å². The zero-order chi connectivity index (χ0) is 22.8. The average molecular weight is 434 g/mol. The number of aliphatic hydroxyl groups is 1. The molecule has 3 aromatic rings. The Morgan fingerprint density at radius 2 is 1.91 bits per heavy atom. The Labute approximate surface area is 182 Å². The largest absolute Gasteiger partial charge is 0.507 e. The lowest BCUT2D eigenvalue weighted by Crippen LogP contribution is -2.29. The van der Waals surface area contributed by atoms with Crippen molar-refractivity contribution < 1.29 is 28.8 Å². The molecule has 4 rings (SSSR count). The van der Waals surface area contributed by atoms with Crippen molar-refractivity contribution in [3.63, 3.8) is 0 Å². The summed E-state index contributed by atoms with van der Waals surface area (Å²) in [5.74, 6) is -1.15. The van der Waals surface area contributed by atoms with E-state index in [4.69, 9.17) is 9.15 Å². The monoisotopic (exact) mass is 434 g/mol. The van der Waals surface area contributed by atoms with Crippen LogP contribution in [0.3, 0.4) is 0 Å². The molecular weight excluding hydrogens is 416 g/mol. The molecule has 0 bridgehead atoms. The predicted octanol–water partition coefficient (Wildman–Crippen LogP) is 3.82. The molecule has 1 saturated heterocycles. The summed E-state index contributed by atoms with van der Waals surface area (Å²) in [6, 6.07) is 14.4. The highest BCUT2D eigenvalue weighted by Crippen LogP contribution is 2.41. The molecule has 1 aromatic heterocycles. The number of likely N-dealkylation sites (tertiary alicyclic amines) is 1. The summed E-state index contributed by atoms with van der Waals surface area (Å²) >= 11 is 0. The second kappa shape index (κ2) is 8.38. The molecule has 0 saturated carbocycles. The minimum absolute atomic E-state index is 0.0000132. The lowest BCUT2D eigenvalue weighted by molar-refractivity contribution is -0.384. The first-order valence-corrected chi connectivity index (χ1v) is 9.60. The van der Waals surface area contributed by atoms with E-state index < -0.39 is 28.4 Å². The van der Waals surface area contributed by atoms with Gasteiger partial charge >= 0.3 is 0 Å². The number of ether oxygens (including phenoxy) is 1. The number of nitro benzene ring substituents is 1. The molecule has 2 heterocycles. The lowest BCUT2D eigenvalue weighted by Gasteiger charge is -2.24. The molecule has 9 heteroatoms. The SMILES string of the molecule is COc1ccc([C@@H]2C(=C(O)c3cccc([N+](=O)[O-])c3)C(=O)C(=O)N2Cc2ccco2)cc1. The van der Waals surface area contributed by atoms with Crippen molar-refractivity contribution in [1.82, 2.24) is 4.90 Å². The lowest BCUT2D eigenvalue weighted by atomic mass is 9.95. The third-order valence-electron chi connectivity index (χ3n) is 5.21. The fourth-order valence-electron chi connectivity index (χ4n) is 3.67. The van der Waals surface area contributed by atoms with Gasteiger partial charge in [-0.1, -0.05) is 24.3 Å². The molecular formula is C23H18N2O7. The molecule has 9 nitrogen and oxygen atoms in total. The number of nitro groups is 1. The molecule has 1 aliphatic heterocycles. The Morgan fingerprint density at radius 3 is 2.53 bits per heavy atom. The smallest absolute Gasteiger partial charge is 0.296 e. The summed E-state index contributed by atoms with van der Waals surface area (Å²) in [5.41, 5.74) is 0.212. The highest BCUT2D eigenvalue weighted by molar-refractivity contribution is 6.46. The van der Waals surface area contributed by atoms with Crippen LogP contribution >= 0.6 is 0 Å². The van der Waals surface area contributed by atoms with Crippen LogP contribution < -0.4 is 4.74 Å². The van der Waals surface area contributed by atoms with Gasteiger partial charge in [0.25, 0.3) is 17.4 Å². The van der Waals surface area contributed by atoms with Crippen LogP contribution in [0.2, 0.25) is 0 Å². The van der Waals surface area contributed by atoms with Crippen LogP contribution in [0.1, 0.15) is 22.9 Å². The molecule has 0 unspecified atom stereocenters. The highest BCUT2D eigenvalue weighted by Gasteiger charge is 2.46. The van der Waals surface area contributed by atoms with Gasteiger partial charge in [-0.05, 0) is 29.8 Å². The Morgan fingerprint density at radius 1 is 1.16 bits per heavy atom. The maximum atomic E-state index is 13.0. The number of carbonyl (C=O) groups excluding carboxylic acids is 2. The number of aliphatic hydroxyl groups excluding tert-OH is 1. The first kappa shape index (κ1) is 20.9. The number of rotatable bonds is 6. The summed E-state index contributed by atoms with van der Waals surface area (Å²) in [5, 5.41) is 22.1. The summed E-state index contributed by atoms with van der Waals surface area (Å²) in [7, 11) is 1.51. The normalized spacial score (nSPS) is 17.5. The van der Waals surface area contributed by atoms with Gasteiger partial charge in [-0.2, -0.15) is 0 Å². The van der Waals surface area contributed by atoms with E-state index in [1.807, 2.05) is 0 Å². The van der Waals surface area contributed by atoms with Crippen molar-refractivity contribution in [2.75, 3.05) is 7.11 Å². The van der Waals surface area contributed by atoms with E-state index in [1.165, 1.54) is 36.5 Å². The molecule has 2 aromatic carbocycles. The van der Waals surface area contributed by atoms with Crippen molar-refractivity contribution in [2.45, 2.75) is 12.6 Å². The number of non-ortho nitro benzene ring substituents is 1. The first-order valence-electron chi connectivity index (χ1n) is 9.60. The number of benzene rings is 2. The quantitative estimate of drug-likeness (QED) is 0.206. The molecule has 1 atom stereocenters. The number of ketones is 1. The van der Waals surface area contributed by atoms with Crippen molar-refractivity contribution in [3.05, 3.63) is 99.5 Å². The Balaban J connectivity index is 1.87. The number of Topliss-reactive ketones (excluding diaryl/α,β-unsaturated/α-hetero) is 1. The van der Waals surface area contributed by atoms with E-state index in [1.54, 1.807) is 36.4 Å². The molecule has 0 spiro atoms. The van der Waals surface area contributed by atoms with Gasteiger partial charge in [-0.25, -0.2) is 0 Å². The van der Waals surface area contributed by atoms with Gasteiger partial charge < -0.3 is 19.2 Å². The average Bonchev–Trinajstić information content (AvgIpc) is 3.41. The minimum Gasteiger partial charge on any atom is -0.507 e. The maximum Gasteiger partial charge on any atom is 0.296 e. The zero-order valence-electron chi connectivity index (χ0n) is 16.9. The zero-order valence-corrected chi connectivity index (χ0v) is 16.9. The standard InChI is InChI=1S/C23H18N2O7/c1-31-17-9-7-14(8-10-17)20-19(21(26)15-4-2-5-16(12-15)25(29)30)22(27)23(28)24(20)13-18-6-3-11-32-18/h2-12,20,26H,13H2,1H3/t20-/m1/s1. The number of amides is 1. The van der Waals surface area contributed by atoms with E-state index in [2.05, 4.69) is 0 Å². The number of nitrogens with zero attached hydrogens (tertiary/aromatic N) is 2. The van der Waals surface area contributed by atoms with Crippen LogP contribution in [-0.4, -0.2) is 33.7 Å². The summed E-state index contributed by atoms with van der Waals surface area (Å²) in [6.45, 7) is -0.0000132. The van der Waals surface area contributed by atoms with Gasteiger partial charge in [0.05, 0.1) is 36.5 Å². The third-order valence-corrected chi connectivity index (χ3v) is 5.21. The van der Waals surface area contributed by atoms with E-state index in [0.717, 1.165) is 6.07 Å². The molecule has 1 N–H and O–H groups in total. The van der Waals surface area contributed by atoms with Crippen molar-refractivity contribution in [1.29, 1.82) is 0 Å². The van der Waals surface area contributed by atoms with Crippen molar-refractivity contribution >= 4 is 23.1 Å². The van der Waals surface area contributed by atoms with E-state index in [9.17, 15) is 24.8 Å². The number of carbonyl (C=O) groups is 2. The third kappa shape index (κ3) is 3.71. The number of hydrogen-bond acceptors (Lipinski definition) is 7. The van der Waals surface area contributed by atoms with Gasteiger partial charge in [-0.3, -0.25) is 19.7 Å². The van der Waals surface area contributed by atoms with Crippen LogP contribution in [0.25, 0.3) is 5.76 Å². The maximum absolute atomic E-state index is 13.0. The summed E-state index contributed by atoms with van der Waals surface area (Å²) in [6.07, 6.45) is 1.46. The second-order valence-corrected chi connectivity index (χ2v) is 7.09. The summed E-state index contributed by atoms with van der Waals surface area (Å²) < 4.78 is 10.5. The van der Waals surface area contributed by atoms with Gasteiger partial charge in [0.15, 0.2) is 0 Å². The minimum atomic E-state index is -0.926. The van der Waals surface area contributed by atoms with E-state index in [-0.39, 0.29) is 23.4 Å².